The number of pyridine rings is 1. The van der Waals surface area contributed by atoms with Crippen LogP contribution in [0.4, 0.5) is 5.82 Å². The number of nitrogens with zero attached hydrogens (tertiary/aromatic N) is 2. The van der Waals surface area contributed by atoms with Gasteiger partial charge in [0.15, 0.2) is 11.6 Å². The van der Waals surface area contributed by atoms with E-state index < -0.39 is 10.0 Å². The summed E-state index contributed by atoms with van der Waals surface area (Å²) >= 11 is 0. The summed E-state index contributed by atoms with van der Waals surface area (Å²) in [6, 6.07) is 8.74. The molecule has 2 heterocycles. The Morgan fingerprint density at radius 3 is 2.54 bits per heavy atom. The summed E-state index contributed by atoms with van der Waals surface area (Å²) < 4.78 is 32.8. The first-order chi connectivity index (χ1) is 12.4. The fourth-order valence-corrected chi connectivity index (χ4v) is 5.29. The Bertz CT molecular complexity index is 922. The van der Waals surface area contributed by atoms with E-state index in [9.17, 15) is 8.42 Å². The Hall–Kier alpha value is -2.12. The van der Waals surface area contributed by atoms with Gasteiger partial charge in [-0.3, -0.25) is 0 Å². The zero-order chi connectivity index (χ0) is 18.4. The third kappa shape index (κ3) is 3.05. The number of nitrogen functional groups attached to an aromatic ring is 1. The van der Waals surface area contributed by atoms with Crippen LogP contribution in [0.2, 0.25) is 0 Å². The fourth-order valence-electron chi connectivity index (χ4n) is 3.70. The van der Waals surface area contributed by atoms with Gasteiger partial charge in [-0.1, -0.05) is 12.1 Å². The number of rotatable bonds is 4. The summed E-state index contributed by atoms with van der Waals surface area (Å²) in [4.78, 5) is 4.46. The van der Waals surface area contributed by atoms with Crippen LogP contribution < -0.4 is 10.5 Å². The van der Waals surface area contributed by atoms with Crippen LogP contribution in [0.1, 0.15) is 25.7 Å². The third-order valence-electron chi connectivity index (χ3n) is 5.51. The van der Waals surface area contributed by atoms with E-state index in [0.29, 0.717) is 29.6 Å². The maximum atomic E-state index is 13.0. The van der Waals surface area contributed by atoms with Crippen LogP contribution in [0.25, 0.3) is 11.1 Å². The molecule has 0 amide bonds. The zero-order valence-electron chi connectivity index (χ0n) is 14.8. The largest absolute Gasteiger partial charge is 0.493 e. The van der Waals surface area contributed by atoms with Crippen molar-refractivity contribution in [2.24, 2.45) is 5.41 Å². The van der Waals surface area contributed by atoms with E-state index in [-0.39, 0.29) is 5.41 Å². The lowest BCUT2D eigenvalue weighted by atomic mass is 9.97. The highest BCUT2D eigenvalue weighted by molar-refractivity contribution is 7.89. The number of ether oxygens (including phenoxy) is 1. The van der Waals surface area contributed by atoms with Crippen molar-refractivity contribution in [3.63, 3.8) is 0 Å². The maximum absolute atomic E-state index is 13.0. The van der Waals surface area contributed by atoms with Crippen molar-refractivity contribution >= 4 is 15.8 Å². The van der Waals surface area contributed by atoms with Crippen molar-refractivity contribution in [1.29, 1.82) is 0 Å². The molecule has 1 saturated carbocycles. The maximum Gasteiger partial charge on any atom is 0.243 e. The molecule has 1 saturated heterocycles. The highest BCUT2D eigenvalue weighted by Crippen LogP contribution is 2.52. The Labute approximate surface area is 154 Å². The molecule has 1 spiro atoms. The number of anilines is 1. The minimum Gasteiger partial charge on any atom is -0.493 e. The first-order valence-corrected chi connectivity index (χ1v) is 10.3. The SMILES string of the molecule is COc1cc(-c2ccc(S(=O)(=O)N3CCCC4(CC4)C3)cc2)cnc1N. The van der Waals surface area contributed by atoms with Crippen molar-refractivity contribution in [2.75, 3.05) is 25.9 Å². The van der Waals surface area contributed by atoms with E-state index >= 15 is 0 Å². The van der Waals surface area contributed by atoms with E-state index in [1.165, 1.54) is 7.11 Å². The molecule has 1 aliphatic heterocycles. The van der Waals surface area contributed by atoms with E-state index in [0.717, 1.165) is 36.8 Å². The predicted molar refractivity (Wildman–Crippen MR) is 100 cm³/mol. The molecule has 7 heteroatoms. The Balaban J connectivity index is 1.59. The molecule has 0 unspecified atom stereocenters. The summed E-state index contributed by atoms with van der Waals surface area (Å²) in [5, 5.41) is 0. The van der Waals surface area contributed by atoms with Crippen LogP contribution in [0.15, 0.2) is 41.4 Å². The number of benzene rings is 1. The van der Waals surface area contributed by atoms with Crippen molar-refractivity contribution in [3.8, 4) is 16.9 Å². The van der Waals surface area contributed by atoms with Gasteiger partial charge < -0.3 is 10.5 Å². The minimum absolute atomic E-state index is 0.261. The number of hydrogen-bond acceptors (Lipinski definition) is 5. The lowest BCUT2D eigenvalue weighted by molar-refractivity contribution is 0.249. The molecule has 4 rings (SSSR count). The van der Waals surface area contributed by atoms with Crippen LogP contribution in [0, 0.1) is 5.41 Å². The second kappa shape index (κ2) is 6.25. The van der Waals surface area contributed by atoms with Gasteiger partial charge in [-0.15, -0.1) is 0 Å². The first-order valence-electron chi connectivity index (χ1n) is 8.84. The topological polar surface area (TPSA) is 85.5 Å². The van der Waals surface area contributed by atoms with Gasteiger partial charge in [-0.25, -0.2) is 13.4 Å². The van der Waals surface area contributed by atoms with Gasteiger partial charge in [0, 0.05) is 24.8 Å². The number of nitrogens with two attached hydrogens (primary N) is 1. The van der Waals surface area contributed by atoms with Crippen molar-refractivity contribution in [2.45, 2.75) is 30.6 Å². The quantitative estimate of drug-likeness (QED) is 0.891. The molecule has 2 N–H and O–H groups in total. The van der Waals surface area contributed by atoms with Gasteiger partial charge in [0.05, 0.1) is 12.0 Å². The third-order valence-corrected chi connectivity index (χ3v) is 7.37. The fraction of sp³-hybridized carbons (Fsp3) is 0.421. The average Bonchev–Trinajstić information content (AvgIpc) is 3.40. The van der Waals surface area contributed by atoms with Gasteiger partial charge in [-0.05, 0) is 54.9 Å². The second-order valence-electron chi connectivity index (χ2n) is 7.28. The highest BCUT2D eigenvalue weighted by Gasteiger charge is 2.47. The molecule has 26 heavy (non-hydrogen) atoms. The number of sulfonamides is 1. The molecule has 0 bridgehead atoms. The smallest absolute Gasteiger partial charge is 0.243 e. The van der Waals surface area contributed by atoms with E-state index in [4.69, 9.17) is 10.5 Å². The van der Waals surface area contributed by atoms with E-state index in [1.54, 1.807) is 40.8 Å². The molecule has 2 fully saturated rings. The van der Waals surface area contributed by atoms with Crippen LogP contribution >= 0.6 is 0 Å². The zero-order valence-corrected chi connectivity index (χ0v) is 15.6. The Morgan fingerprint density at radius 1 is 1.15 bits per heavy atom. The number of methoxy groups -OCH3 is 1. The van der Waals surface area contributed by atoms with Crippen molar-refractivity contribution in [3.05, 3.63) is 36.5 Å². The number of aromatic nitrogens is 1. The van der Waals surface area contributed by atoms with E-state index in [1.807, 2.05) is 0 Å². The summed E-state index contributed by atoms with van der Waals surface area (Å²) in [6.07, 6.45) is 6.08. The summed E-state index contributed by atoms with van der Waals surface area (Å²) in [5.74, 6) is 0.830. The van der Waals surface area contributed by atoms with Gasteiger partial charge in [-0.2, -0.15) is 4.31 Å². The van der Waals surface area contributed by atoms with Crippen molar-refractivity contribution < 1.29 is 13.2 Å². The molecular weight excluding hydrogens is 350 g/mol. The van der Waals surface area contributed by atoms with Gasteiger partial charge >= 0.3 is 0 Å². The number of hydrogen-bond donors (Lipinski definition) is 1. The predicted octanol–water partition coefficient (Wildman–Crippen LogP) is 2.90. The lowest BCUT2D eigenvalue weighted by Gasteiger charge is -2.32. The summed E-state index contributed by atoms with van der Waals surface area (Å²) in [7, 11) is -1.90. The Kier molecular flexibility index (Phi) is 4.16. The molecule has 138 valence electrons. The monoisotopic (exact) mass is 373 g/mol. The molecule has 1 aliphatic carbocycles. The molecule has 2 aliphatic rings. The van der Waals surface area contributed by atoms with Gasteiger partial charge in [0.1, 0.15) is 0 Å². The van der Waals surface area contributed by atoms with Crippen LogP contribution in [0.3, 0.4) is 0 Å². The van der Waals surface area contributed by atoms with Crippen LogP contribution in [0.5, 0.6) is 5.75 Å². The second-order valence-corrected chi connectivity index (χ2v) is 9.22. The Morgan fingerprint density at radius 2 is 1.88 bits per heavy atom. The molecular formula is C19H23N3O3S. The molecule has 1 aromatic heterocycles. The number of piperidine rings is 1. The van der Waals surface area contributed by atoms with Crippen LogP contribution in [-0.2, 0) is 10.0 Å². The molecule has 1 aromatic carbocycles. The van der Waals surface area contributed by atoms with Crippen molar-refractivity contribution in [1.82, 2.24) is 9.29 Å². The first kappa shape index (κ1) is 17.3. The normalized spacial score (nSPS) is 19.4. The summed E-state index contributed by atoms with van der Waals surface area (Å²) in [6.45, 7) is 1.28. The highest BCUT2D eigenvalue weighted by atomic mass is 32.2. The summed E-state index contributed by atoms with van der Waals surface area (Å²) in [5.41, 5.74) is 7.71. The molecule has 2 aromatic rings. The van der Waals surface area contributed by atoms with E-state index in [2.05, 4.69) is 4.98 Å². The standard InChI is InChI=1S/C19H23N3O3S/c1-25-17-11-15(12-21-18(17)20)14-3-5-16(6-4-14)26(23,24)22-10-2-7-19(13-22)8-9-19/h3-6,11-12H,2,7-10,13H2,1H3,(H2,20,21). The molecule has 6 nitrogen and oxygen atoms in total. The van der Waals surface area contributed by atoms with Gasteiger partial charge in [0.2, 0.25) is 10.0 Å². The minimum atomic E-state index is -3.44. The lowest BCUT2D eigenvalue weighted by Crippen LogP contribution is -2.40. The van der Waals surface area contributed by atoms with Crippen LogP contribution in [-0.4, -0.2) is 37.9 Å². The average molecular weight is 373 g/mol. The molecule has 0 radical (unpaired) electrons. The van der Waals surface area contributed by atoms with Gasteiger partial charge in [0.25, 0.3) is 0 Å². The molecule has 0 atom stereocenters.